The van der Waals surface area contributed by atoms with E-state index >= 15 is 0 Å². The lowest BCUT2D eigenvalue weighted by Crippen LogP contribution is -2.24. The number of pyridine rings is 1. The van der Waals surface area contributed by atoms with Gasteiger partial charge < -0.3 is 10.6 Å². The van der Waals surface area contributed by atoms with Crippen molar-refractivity contribution in [1.82, 2.24) is 20.3 Å². The average Bonchev–Trinajstić information content (AvgIpc) is 2.67. The third-order valence-electron chi connectivity index (χ3n) is 3.78. The lowest BCUT2D eigenvalue weighted by Gasteiger charge is -2.08. The minimum absolute atomic E-state index is 0.262. The van der Waals surface area contributed by atoms with Crippen molar-refractivity contribution in [3.05, 3.63) is 83.6 Å². The van der Waals surface area contributed by atoms with Gasteiger partial charge >= 0.3 is 0 Å². The Hall–Kier alpha value is -3.28. The SMILES string of the molecule is Cc1ccccc1CNc1cnc(C(=O)NCc2cccnc2)cn1. The summed E-state index contributed by atoms with van der Waals surface area (Å²) in [5.74, 6) is 0.369. The van der Waals surface area contributed by atoms with Crippen LogP contribution >= 0.6 is 0 Å². The Balaban J connectivity index is 1.54. The van der Waals surface area contributed by atoms with Crippen molar-refractivity contribution in [3.8, 4) is 0 Å². The van der Waals surface area contributed by atoms with E-state index in [-0.39, 0.29) is 11.6 Å². The molecule has 2 N–H and O–H groups in total. The van der Waals surface area contributed by atoms with Gasteiger partial charge in [-0.2, -0.15) is 0 Å². The first-order chi connectivity index (χ1) is 12.2. The summed E-state index contributed by atoms with van der Waals surface area (Å²) in [7, 11) is 0. The fourth-order valence-electron chi connectivity index (χ4n) is 2.31. The summed E-state index contributed by atoms with van der Waals surface area (Å²) in [6, 6.07) is 11.9. The molecule has 0 fully saturated rings. The van der Waals surface area contributed by atoms with Crippen LogP contribution in [0.4, 0.5) is 5.82 Å². The van der Waals surface area contributed by atoms with Gasteiger partial charge in [0.2, 0.25) is 0 Å². The van der Waals surface area contributed by atoms with Gasteiger partial charge in [-0.3, -0.25) is 9.78 Å². The molecule has 2 heterocycles. The van der Waals surface area contributed by atoms with Crippen molar-refractivity contribution in [1.29, 1.82) is 0 Å². The highest BCUT2D eigenvalue weighted by molar-refractivity contribution is 5.91. The third-order valence-corrected chi connectivity index (χ3v) is 3.78. The number of rotatable bonds is 6. The highest BCUT2D eigenvalue weighted by Gasteiger charge is 2.08. The molecule has 0 atom stereocenters. The predicted octanol–water partition coefficient (Wildman–Crippen LogP) is 2.72. The van der Waals surface area contributed by atoms with Crippen LogP contribution < -0.4 is 10.6 Å². The van der Waals surface area contributed by atoms with E-state index in [4.69, 9.17) is 0 Å². The van der Waals surface area contributed by atoms with E-state index in [1.54, 1.807) is 18.6 Å². The van der Waals surface area contributed by atoms with Crippen LogP contribution in [0.1, 0.15) is 27.2 Å². The molecule has 0 radical (unpaired) electrons. The molecule has 0 saturated heterocycles. The van der Waals surface area contributed by atoms with Crippen molar-refractivity contribution < 1.29 is 4.79 Å². The fourth-order valence-corrected chi connectivity index (χ4v) is 2.31. The molecule has 6 heteroatoms. The van der Waals surface area contributed by atoms with Gasteiger partial charge in [-0.1, -0.05) is 30.3 Å². The zero-order valence-corrected chi connectivity index (χ0v) is 13.9. The van der Waals surface area contributed by atoms with E-state index in [0.29, 0.717) is 18.9 Å². The van der Waals surface area contributed by atoms with Crippen molar-refractivity contribution >= 4 is 11.7 Å². The normalized spacial score (nSPS) is 10.3. The van der Waals surface area contributed by atoms with Crippen molar-refractivity contribution in [2.24, 2.45) is 0 Å². The first-order valence-electron chi connectivity index (χ1n) is 8.00. The molecule has 0 unspecified atom stereocenters. The van der Waals surface area contributed by atoms with Crippen LogP contribution in [-0.4, -0.2) is 20.9 Å². The lowest BCUT2D eigenvalue weighted by molar-refractivity contribution is 0.0945. The van der Waals surface area contributed by atoms with Gasteiger partial charge in [0.1, 0.15) is 11.5 Å². The number of amides is 1. The minimum Gasteiger partial charge on any atom is -0.365 e. The molecular weight excluding hydrogens is 314 g/mol. The van der Waals surface area contributed by atoms with Crippen molar-refractivity contribution in [2.45, 2.75) is 20.0 Å². The lowest BCUT2D eigenvalue weighted by atomic mass is 10.1. The highest BCUT2D eigenvalue weighted by Crippen LogP contribution is 2.10. The first-order valence-corrected chi connectivity index (χ1v) is 8.00. The quantitative estimate of drug-likeness (QED) is 0.725. The Bertz CT molecular complexity index is 834. The van der Waals surface area contributed by atoms with E-state index < -0.39 is 0 Å². The van der Waals surface area contributed by atoms with E-state index in [0.717, 1.165) is 5.56 Å². The second-order valence-corrected chi connectivity index (χ2v) is 5.61. The van der Waals surface area contributed by atoms with Crippen LogP contribution in [0.3, 0.4) is 0 Å². The second kappa shape index (κ2) is 8.01. The van der Waals surface area contributed by atoms with Gasteiger partial charge in [-0.05, 0) is 29.7 Å². The zero-order chi connectivity index (χ0) is 17.5. The number of hydrogen-bond acceptors (Lipinski definition) is 5. The van der Waals surface area contributed by atoms with E-state index in [1.807, 2.05) is 24.3 Å². The fraction of sp³-hybridized carbons (Fsp3) is 0.158. The molecule has 1 amide bonds. The number of hydrogen-bond donors (Lipinski definition) is 2. The molecule has 0 aliphatic heterocycles. The van der Waals surface area contributed by atoms with Crippen LogP contribution in [-0.2, 0) is 13.1 Å². The summed E-state index contributed by atoms with van der Waals surface area (Å²) in [5.41, 5.74) is 3.63. The van der Waals surface area contributed by atoms with Gasteiger partial charge in [0.05, 0.1) is 12.4 Å². The molecule has 0 saturated carbocycles. The van der Waals surface area contributed by atoms with Gasteiger partial charge in [-0.25, -0.2) is 9.97 Å². The molecule has 3 aromatic rings. The molecule has 1 aromatic carbocycles. The Kier molecular flexibility index (Phi) is 5.31. The van der Waals surface area contributed by atoms with Crippen LogP contribution in [0.25, 0.3) is 0 Å². The molecule has 126 valence electrons. The van der Waals surface area contributed by atoms with Gasteiger partial charge in [0.25, 0.3) is 5.91 Å². The average molecular weight is 333 g/mol. The smallest absolute Gasteiger partial charge is 0.271 e. The van der Waals surface area contributed by atoms with Crippen LogP contribution in [0.15, 0.2) is 61.2 Å². The molecule has 0 spiro atoms. The molecule has 3 rings (SSSR count). The number of carbonyl (C=O) groups excluding carboxylic acids is 1. The van der Waals surface area contributed by atoms with Crippen molar-refractivity contribution in [3.63, 3.8) is 0 Å². The Labute approximate surface area is 146 Å². The zero-order valence-electron chi connectivity index (χ0n) is 13.9. The summed E-state index contributed by atoms with van der Waals surface area (Å²) < 4.78 is 0. The number of anilines is 1. The van der Waals surface area contributed by atoms with E-state index in [9.17, 15) is 4.79 Å². The molecule has 0 aliphatic rings. The molecule has 2 aromatic heterocycles. The van der Waals surface area contributed by atoms with Crippen molar-refractivity contribution in [2.75, 3.05) is 5.32 Å². The maximum atomic E-state index is 12.1. The Morgan fingerprint density at radius 1 is 1.00 bits per heavy atom. The van der Waals surface area contributed by atoms with Gasteiger partial charge in [-0.15, -0.1) is 0 Å². The molecule has 0 aliphatic carbocycles. The van der Waals surface area contributed by atoms with Crippen LogP contribution in [0.2, 0.25) is 0 Å². The second-order valence-electron chi connectivity index (χ2n) is 5.61. The molecule has 0 bridgehead atoms. The number of nitrogens with zero attached hydrogens (tertiary/aromatic N) is 3. The molecule has 6 nitrogen and oxygen atoms in total. The number of carbonyl (C=O) groups is 1. The van der Waals surface area contributed by atoms with E-state index in [2.05, 4.69) is 44.6 Å². The first kappa shape index (κ1) is 16.6. The topological polar surface area (TPSA) is 79.8 Å². The third kappa shape index (κ3) is 4.60. The summed E-state index contributed by atoms with van der Waals surface area (Å²) >= 11 is 0. The number of aryl methyl sites for hydroxylation is 1. The highest BCUT2D eigenvalue weighted by atomic mass is 16.1. The predicted molar refractivity (Wildman–Crippen MR) is 95.9 cm³/mol. The summed E-state index contributed by atoms with van der Waals surface area (Å²) in [4.78, 5) is 24.5. The minimum atomic E-state index is -0.262. The van der Waals surface area contributed by atoms with Crippen LogP contribution in [0, 0.1) is 6.92 Å². The standard InChI is InChI=1S/C19H19N5O/c1-14-5-2-3-7-16(14)11-22-18-13-21-17(12-23-18)19(25)24-10-15-6-4-8-20-9-15/h2-9,12-13H,10-11H2,1H3,(H,22,23)(H,24,25). The Morgan fingerprint density at radius 2 is 1.88 bits per heavy atom. The number of aromatic nitrogens is 3. The van der Waals surface area contributed by atoms with Crippen LogP contribution in [0.5, 0.6) is 0 Å². The van der Waals surface area contributed by atoms with Gasteiger partial charge in [0, 0.05) is 25.5 Å². The summed E-state index contributed by atoms with van der Waals surface area (Å²) in [5, 5.41) is 6.01. The Morgan fingerprint density at radius 3 is 2.60 bits per heavy atom. The van der Waals surface area contributed by atoms with E-state index in [1.165, 1.54) is 17.3 Å². The number of nitrogens with one attached hydrogen (secondary N) is 2. The van der Waals surface area contributed by atoms with Gasteiger partial charge in [0.15, 0.2) is 0 Å². The largest absolute Gasteiger partial charge is 0.365 e. The maximum Gasteiger partial charge on any atom is 0.271 e. The number of benzene rings is 1. The maximum absolute atomic E-state index is 12.1. The summed E-state index contributed by atoms with van der Waals surface area (Å²) in [6.07, 6.45) is 6.44. The monoisotopic (exact) mass is 333 g/mol. The molecular formula is C19H19N5O. The summed E-state index contributed by atoms with van der Waals surface area (Å²) in [6.45, 7) is 3.13. The molecule has 25 heavy (non-hydrogen) atoms.